The molecule has 2 heterocycles. The molecule has 1 aromatic heterocycles. The number of nitrogens with zero attached hydrogens (tertiary/aromatic N) is 3. The van der Waals surface area contributed by atoms with Gasteiger partial charge in [0.15, 0.2) is 6.10 Å². The maximum Gasteiger partial charge on any atom is 0.273 e. The lowest BCUT2D eigenvalue weighted by Gasteiger charge is -2.07. The van der Waals surface area contributed by atoms with Crippen molar-refractivity contribution in [3.63, 3.8) is 0 Å². The first-order valence-corrected chi connectivity index (χ1v) is 7.26. The molecule has 1 aliphatic rings. The Labute approximate surface area is 128 Å². The smallest absolute Gasteiger partial charge is 0.273 e. The predicted molar refractivity (Wildman–Crippen MR) is 83.6 cm³/mol. The maximum atomic E-state index is 12.2. The molecule has 1 aliphatic heterocycles. The predicted octanol–water partition coefficient (Wildman–Crippen LogP) is 2.92. The molecule has 0 aliphatic carbocycles. The fraction of sp³-hybridized carbons (Fsp3) is 0.312. The molecule has 1 atom stereocenters. The lowest BCUT2D eigenvalue weighted by atomic mass is 10.0. The zero-order valence-corrected chi connectivity index (χ0v) is 12.6. The Morgan fingerprint density at radius 1 is 1.36 bits per heavy atom. The standard InChI is InChI=1S/C16H18N4O2/c1-11(2)20-10-13(9-17-20)18-16(21)14-8-15(22-19-14)12-6-4-3-5-7-12/h3-7,9-11,15H,8H2,1-2H3,(H,18,21)/t15-/m1/s1. The highest BCUT2D eigenvalue weighted by Crippen LogP contribution is 2.27. The Bertz CT molecular complexity index is 691. The highest BCUT2D eigenvalue weighted by molar-refractivity contribution is 6.43. The van der Waals surface area contributed by atoms with E-state index in [-0.39, 0.29) is 18.1 Å². The zero-order chi connectivity index (χ0) is 15.5. The van der Waals surface area contributed by atoms with E-state index in [0.29, 0.717) is 17.8 Å². The molecule has 3 rings (SSSR count). The van der Waals surface area contributed by atoms with E-state index in [1.807, 2.05) is 44.2 Å². The Balaban J connectivity index is 1.61. The average molecular weight is 298 g/mol. The van der Waals surface area contributed by atoms with Crippen LogP contribution in [0.4, 0.5) is 5.69 Å². The van der Waals surface area contributed by atoms with Crippen LogP contribution in [0.3, 0.4) is 0 Å². The first-order chi connectivity index (χ1) is 10.6. The van der Waals surface area contributed by atoms with E-state index in [1.54, 1.807) is 17.1 Å². The van der Waals surface area contributed by atoms with Crippen molar-refractivity contribution in [2.75, 3.05) is 5.32 Å². The molecule has 114 valence electrons. The summed E-state index contributed by atoms with van der Waals surface area (Å²) in [5, 5.41) is 10.9. The van der Waals surface area contributed by atoms with Crippen molar-refractivity contribution in [3.05, 3.63) is 48.3 Å². The second-order valence-corrected chi connectivity index (χ2v) is 5.50. The second kappa shape index (κ2) is 6.01. The van der Waals surface area contributed by atoms with Crippen molar-refractivity contribution in [1.82, 2.24) is 9.78 Å². The zero-order valence-electron chi connectivity index (χ0n) is 12.6. The van der Waals surface area contributed by atoms with E-state index in [1.165, 1.54) is 0 Å². The SMILES string of the molecule is CC(C)n1cc(NC(=O)C2=NO[C@@H](c3ccccc3)C2)cn1. The Hall–Kier alpha value is -2.63. The van der Waals surface area contributed by atoms with E-state index in [4.69, 9.17) is 4.84 Å². The quantitative estimate of drug-likeness (QED) is 0.943. The van der Waals surface area contributed by atoms with Crippen LogP contribution in [0.25, 0.3) is 0 Å². The number of hydrogen-bond donors (Lipinski definition) is 1. The third-order valence-corrected chi connectivity index (χ3v) is 3.49. The molecule has 6 nitrogen and oxygen atoms in total. The number of rotatable bonds is 4. The van der Waals surface area contributed by atoms with E-state index >= 15 is 0 Å². The van der Waals surface area contributed by atoms with Gasteiger partial charge < -0.3 is 10.2 Å². The summed E-state index contributed by atoms with van der Waals surface area (Å²) in [5.41, 5.74) is 2.07. The second-order valence-electron chi connectivity index (χ2n) is 5.50. The molecule has 2 aromatic rings. The molecule has 22 heavy (non-hydrogen) atoms. The van der Waals surface area contributed by atoms with Gasteiger partial charge in [0.1, 0.15) is 5.71 Å². The Morgan fingerprint density at radius 3 is 2.82 bits per heavy atom. The largest absolute Gasteiger partial charge is 0.387 e. The summed E-state index contributed by atoms with van der Waals surface area (Å²) in [6, 6.07) is 10.0. The van der Waals surface area contributed by atoms with Crippen LogP contribution >= 0.6 is 0 Å². The van der Waals surface area contributed by atoms with Gasteiger partial charge in [-0.3, -0.25) is 9.48 Å². The average Bonchev–Trinajstić information content (AvgIpc) is 3.17. The van der Waals surface area contributed by atoms with Gasteiger partial charge in [0.05, 0.1) is 11.9 Å². The molecule has 0 unspecified atom stereocenters. The summed E-state index contributed by atoms with van der Waals surface area (Å²) in [5.74, 6) is -0.248. The van der Waals surface area contributed by atoms with Gasteiger partial charge in [-0.25, -0.2) is 0 Å². The van der Waals surface area contributed by atoms with Gasteiger partial charge in [-0.1, -0.05) is 35.5 Å². The number of aromatic nitrogens is 2. The van der Waals surface area contributed by atoms with Crippen molar-refractivity contribution in [1.29, 1.82) is 0 Å². The molecular formula is C16H18N4O2. The minimum Gasteiger partial charge on any atom is -0.387 e. The monoisotopic (exact) mass is 298 g/mol. The Kier molecular flexibility index (Phi) is 3.91. The summed E-state index contributed by atoms with van der Waals surface area (Å²) in [6.45, 7) is 4.05. The third kappa shape index (κ3) is 3.00. The van der Waals surface area contributed by atoms with Crippen LogP contribution in [0, 0.1) is 0 Å². The van der Waals surface area contributed by atoms with Gasteiger partial charge in [0.2, 0.25) is 0 Å². The van der Waals surface area contributed by atoms with Gasteiger partial charge in [-0.15, -0.1) is 0 Å². The lowest BCUT2D eigenvalue weighted by Crippen LogP contribution is -2.21. The molecule has 0 fully saturated rings. The van der Waals surface area contributed by atoms with Gasteiger partial charge in [0.25, 0.3) is 5.91 Å². The normalized spacial score (nSPS) is 17.2. The van der Waals surface area contributed by atoms with Crippen molar-refractivity contribution in [2.24, 2.45) is 5.16 Å². The number of amides is 1. The van der Waals surface area contributed by atoms with E-state index in [0.717, 1.165) is 5.56 Å². The minimum absolute atomic E-state index is 0.194. The molecule has 0 saturated heterocycles. The summed E-state index contributed by atoms with van der Waals surface area (Å²) in [6.07, 6.45) is 3.70. The van der Waals surface area contributed by atoms with Crippen LogP contribution in [-0.4, -0.2) is 21.4 Å². The highest BCUT2D eigenvalue weighted by atomic mass is 16.6. The van der Waals surface area contributed by atoms with Gasteiger partial charge in [0, 0.05) is 18.7 Å². The fourth-order valence-corrected chi connectivity index (χ4v) is 2.25. The highest BCUT2D eigenvalue weighted by Gasteiger charge is 2.27. The Morgan fingerprint density at radius 2 is 2.14 bits per heavy atom. The molecule has 1 aromatic carbocycles. The summed E-state index contributed by atoms with van der Waals surface area (Å²) < 4.78 is 1.79. The van der Waals surface area contributed by atoms with E-state index < -0.39 is 0 Å². The van der Waals surface area contributed by atoms with Gasteiger partial charge in [-0.2, -0.15) is 5.10 Å². The molecule has 1 N–H and O–H groups in total. The van der Waals surface area contributed by atoms with Gasteiger partial charge >= 0.3 is 0 Å². The summed E-state index contributed by atoms with van der Waals surface area (Å²) >= 11 is 0. The van der Waals surface area contributed by atoms with Crippen LogP contribution in [-0.2, 0) is 9.63 Å². The van der Waals surface area contributed by atoms with Crippen molar-refractivity contribution in [2.45, 2.75) is 32.4 Å². The number of oxime groups is 1. The number of benzene rings is 1. The molecule has 0 spiro atoms. The van der Waals surface area contributed by atoms with Crippen molar-refractivity contribution < 1.29 is 9.63 Å². The topological polar surface area (TPSA) is 68.5 Å². The maximum absolute atomic E-state index is 12.2. The first kappa shape index (κ1) is 14.3. The molecular weight excluding hydrogens is 280 g/mol. The number of hydrogen-bond acceptors (Lipinski definition) is 4. The molecule has 1 amide bonds. The molecule has 0 radical (unpaired) electrons. The van der Waals surface area contributed by atoms with E-state index in [9.17, 15) is 4.79 Å². The number of nitrogens with one attached hydrogen (secondary N) is 1. The van der Waals surface area contributed by atoms with Crippen LogP contribution < -0.4 is 5.32 Å². The number of carbonyl (C=O) groups is 1. The number of anilines is 1. The third-order valence-electron chi connectivity index (χ3n) is 3.49. The summed E-state index contributed by atoms with van der Waals surface area (Å²) in [7, 11) is 0. The summed E-state index contributed by atoms with van der Waals surface area (Å²) in [4.78, 5) is 17.6. The van der Waals surface area contributed by atoms with Crippen LogP contribution in [0.5, 0.6) is 0 Å². The van der Waals surface area contributed by atoms with Crippen molar-refractivity contribution in [3.8, 4) is 0 Å². The fourth-order valence-electron chi connectivity index (χ4n) is 2.25. The molecule has 0 saturated carbocycles. The minimum atomic E-state index is -0.248. The molecule has 0 bridgehead atoms. The molecule has 6 heteroatoms. The first-order valence-electron chi connectivity index (χ1n) is 7.26. The van der Waals surface area contributed by atoms with Crippen LogP contribution in [0.1, 0.15) is 38.0 Å². The van der Waals surface area contributed by atoms with Crippen molar-refractivity contribution >= 4 is 17.3 Å². The number of carbonyl (C=O) groups excluding carboxylic acids is 1. The van der Waals surface area contributed by atoms with Crippen LogP contribution in [0.2, 0.25) is 0 Å². The lowest BCUT2D eigenvalue weighted by molar-refractivity contribution is -0.110. The van der Waals surface area contributed by atoms with Gasteiger partial charge in [-0.05, 0) is 19.4 Å². The van der Waals surface area contributed by atoms with E-state index in [2.05, 4.69) is 15.6 Å². The van der Waals surface area contributed by atoms with Crippen LogP contribution in [0.15, 0.2) is 47.9 Å².